The van der Waals surface area contributed by atoms with Gasteiger partial charge in [-0.2, -0.15) is 5.10 Å². The third-order valence-corrected chi connectivity index (χ3v) is 4.31. The number of halogens is 2. The zero-order valence-corrected chi connectivity index (χ0v) is 13.1. The Hall–Kier alpha value is -1.40. The molecule has 1 saturated heterocycles. The Morgan fingerprint density at radius 1 is 1.48 bits per heavy atom. The smallest absolute Gasteiger partial charge is 0.123 e. The van der Waals surface area contributed by atoms with Gasteiger partial charge in [-0.25, -0.2) is 4.39 Å². The Balaban J connectivity index is 1.58. The standard InChI is InChI=1S/C15H17BrFN3O/c16-15-4-3-12(17)6-11(15)7-18-13-8-19-20(9-13)10-14-2-1-5-21-14/h3-4,6,8-9,14,18H,1-2,5,7,10H2. The van der Waals surface area contributed by atoms with Crippen LogP contribution in [0.2, 0.25) is 0 Å². The van der Waals surface area contributed by atoms with Crippen LogP contribution in [0.25, 0.3) is 0 Å². The molecule has 0 amide bonds. The lowest BCUT2D eigenvalue weighted by atomic mass is 10.2. The Labute approximate surface area is 131 Å². The van der Waals surface area contributed by atoms with Gasteiger partial charge >= 0.3 is 0 Å². The summed E-state index contributed by atoms with van der Waals surface area (Å²) in [6.07, 6.45) is 6.23. The van der Waals surface area contributed by atoms with E-state index in [-0.39, 0.29) is 11.9 Å². The monoisotopic (exact) mass is 353 g/mol. The molecular formula is C15H17BrFN3O. The van der Waals surface area contributed by atoms with Gasteiger partial charge in [0.05, 0.1) is 24.5 Å². The largest absolute Gasteiger partial charge is 0.378 e. The van der Waals surface area contributed by atoms with E-state index in [0.29, 0.717) is 6.54 Å². The number of nitrogens with zero attached hydrogens (tertiary/aromatic N) is 2. The molecule has 3 rings (SSSR count). The maximum absolute atomic E-state index is 13.2. The summed E-state index contributed by atoms with van der Waals surface area (Å²) in [4.78, 5) is 0. The number of ether oxygens (including phenoxy) is 1. The molecule has 112 valence electrons. The molecule has 2 aromatic rings. The number of rotatable bonds is 5. The second-order valence-electron chi connectivity index (χ2n) is 5.18. The SMILES string of the molecule is Fc1ccc(Br)c(CNc2cnn(CC3CCCO3)c2)c1. The van der Waals surface area contributed by atoms with E-state index in [9.17, 15) is 4.39 Å². The van der Waals surface area contributed by atoms with E-state index in [0.717, 1.165) is 41.7 Å². The summed E-state index contributed by atoms with van der Waals surface area (Å²) in [7, 11) is 0. The van der Waals surface area contributed by atoms with Crippen LogP contribution in [-0.4, -0.2) is 22.5 Å². The summed E-state index contributed by atoms with van der Waals surface area (Å²) in [6, 6.07) is 4.67. The zero-order chi connectivity index (χ0) is 14.7. The van der Waals surface area contributed by atoms with E-state index in [1.807, 2.05) is 10.9 Å². The molecule has 0 spiro atoms. The maximum atomic E-state index is 13.2. The molecule has 6 heteroatoms. The van der Waals surface area contributed by atoms with Gasteiger partial charge in [0, 0.05) is 23.8 Å². The van der Waals surface area contributed by atoms with Crippen LogP contribution in [0.5, 0.6) is 0 Å². The first kappa shape index (κ1) is 14.5. The quantitative estimate of drug-likeness (QED) is 0.892. The highest BCUT2D eigenvalue weighted by Gasteiger charge is 2.16. The molecule has 1 aromatic heterocycles. The van der Waals surface area contributed by atoms with E-state index in [2.05, 4.69) is 26.3 Å². The highest BCUT2D eigenvalue weighted by molar-refractivity contribution is 9.10. The lowest BCUT2D eigenvalue weighted by Crippen LogP contribution is -2.15. The van der Waals surface area contributed by atoms with Gasteiger partial charge in [-0.1, -0.05) is 15.9 Å². The first-order chi connectivity index (χ1) is 10.2. The number of hydrogen-bond acceptors (Lipinski definition) is 3. The second kappa shape index (κ2) is 6.58. The minimum atomic E-state index is -0.232. The number of benzene rings is 1. The number of hydrogen-bond donors (Lipinski definition) is 1. The molecule has 1 N–H and O–H groups in total. The second-order valence-corrected chi connectivity index (χ2v) is 6.03. The molecule has 1 aromatic carbocycles. The Morgan fingerprint density at radius 3 is 3.19 bits per heavy atom. The van der Waals surface area contributed by atoms with Crippen molar-refractivity contribution in [1.29, 1.82) is 0 Å². The summed E-state index contributed by atoms with van der Waals surface area (Å²) >= 11 is 3.42. The van der Waals surface area contributed by atoms with Crippen molar-refractivity contribution in [3.8, 4) is 0 Å². The van der Waals surface area contributed by atoms with Gasteiger partial charge in [-0.3, -0.25) is 4.68 Å². The predicted molar refractivity (Wildman–Crippen MR) is 82.6 cm³/mol. The lowest BCUT2D eigenvalue weighted by molar-refractivity contribution is 0.0940. The highest BCUT2D eigenvalue weighted by atomic mass is 79.9. The van der Waals surface area contributed by atoms with Crippen LogP contribution in [0.4, 0.5) is 10.1 Å². The normalized spacial score (nSPS) is 18.1. The average molecular weight is 354 g/mol. The molecule has 4 nitrogen and oxygen atoms in total. The van der Waals surface area contributed by atoms with Crippen molar-refractivity contribution in [1.82, 2.24) is 9.78 Å². The first-order valence-electron chi connectivity index (χ1n) is 7.02. The van der Waals surface area contributed by atoms with Crippen molar-refractivity contribution in [2.75, 3.05) is 11.9 Å². The van der Waals surface area contributed by atoms with Crippen LogP contribution >= 0.6 is 15.9 Å². The minimum Gasteiger partial charge on any atom is -0.378 e. The Kier molecular flexibility index (Phi) is 4.55. The van der Waals surface area contributed by atoms with Gasteiger partial charge in [0.2, 0.25) is 0 Å². The Bertz CT molecular complexity index is 611. The third-order valence-electron chi connectivity index (χ3n) is 3.54. The van der Waals surface area contributed by atoms with Crippen molar-refractivity contribution < 1.29 is 9.13 Å². The topological polar surface area (TPSA) is 39.1 Å². The summed E-state index contributed by atoms with van der Waals surface area (Å²) in [5.74, 6) is -0.232. The van der Waals surface area contributed by atoms with Crippen molar-refractivity contribution in [3.63, 3.8) is 0 Å². The molecule has 0 saturated carbocycles. The molecular weight excluding hydrogens is 337 g/mol. The van der Waals surface area contributed by atoms with Crippen molar-refractivity contribution in [3.05, 3.63) is 46.4 Å². The molecule has 21 heavy (non-hydrogen) atoms. The van der Waals surface area contributed by atoms with Crippen LogP contribution in [0.1, 0.15) is 18.4 Å². The van der Waals surface area contributed by atoms with Gasteiger partial charge in [-0.05, 0) is 36.6 Å². The molecule has 1 aliphatic heterocycles. The molecule has 2 heterocycles. The van der Waals surface area contributed by atoms with Crippen LogP contribution < -0.4 is 5.32 Å². The number of nitrogens with one attached hydrogen (secondary N) is 1. The van der Waals surface area contributed by atoms with Gasteiger partial charge in [0.25, 0.3) is 0 Å². The van der Waals surface area contributed by atoms with Crippen molar-refractivity contribution >= 4 is 21.6 Å². The highest BCUT2D eigenvalue weighted by Crippen LogP contribution is 2.20. The van der Waals surface area contributed by atoms with E-state index in [1.165, 1.54) is 12.1 Å². The fraction of sp³-hybridized carbons (Fsp3) is 0.400. The van der Waals surface area contributed by atoms with Gasteiger partial charge in [0.1, 0.15) is 5.82 Å². The molecule has 1 atom stereocenters. The number of anilines is 1. The summed E-state index contributed by atoms with van der Waals surface area (Å²) in [5, 5.41) is 7.57. The summed E-state index contributed by atoms with van der Waals surface area (Å²) < 4.78 is 21.6. The molecule has 0 radical (unpaired) electrons. The van der Waals surface area contributed by atoms with Gasteiger partial charge in [0.15, 0.2) is 0 Å². The van der Waals surface area contributed by atoms with Gasteiger partial charge in [-0.15, -0.1) is 0 Å². The van der Waals surface area contributed by atoms with Crippen molar-refractivity contribution in [2.45, 2.75) is 32.0 Å². The van der Waals surface area contributed by atoms with Gasteiger partial charge < -0.3 is 10.1 Å². The predicted octanol–water partition coefficient (Wildman–Crippen LogP) is 3.58. The van der Waals surface area contributed by atoms with Crippen LogP contribution in [0.15, 0.2) is 35.1 Å². The van der Waals surface area contributed by atoms with Crippen LogP contribution in [-0.2, 0) is 17.8 Å². The zero-order valence-electron chi connectivity index (χ0n) is 11.6. The molecule has 1 fully saturated rings. The van der Waals surface area contributed by atoms with E-state index < -0.39 is 0 Å². The molecule has 1 unspecified atom stereocenters. The molecule has 0 aliphatic carbocycles. The minimum absolute atomic E-state index is 0.232. The summed E-state index contributed by atoms with van der Waals surface area (Å²) in [6.45, 7) is 2.18. The number of aromatic nitrogens is 2. The van der Waals surface area contributed by atoms with Crippen LogP contribution in [0.3, 0.4) is 0 Å². The fourth-order valence-electron chi connectivity index (χ4n) is 2.43. The molecule has 1 aliphatic rings. The fourth-order valence-corrected chi connectivity index (χ4v) is 2.81. The third kappa shape index (κ3) is 3.83. The maximum Gasteiger partial charge on any atom is 0.123 e. The van der Waals surface area contributed by atoms with E-state index in [4.69, 9.17) is 4.74 Å². The average Bonchev–Trinajstić information content (AvgIpc) is 3.12. The first-order valence-corrected chi connectivity index (χ1v) is 7.82. The lowest BCUT2D eigenvalue weighted by Gasteiger charge is -2.09. The van der Waals surface area contributed by atoms with E-state index >= 15 is 0 Å². The summed E-state index contributed by atoms with van der Waals surface area (Å²) in [5.41, 5.74) is 1.80. The Morgan fingerprint density at radius 2 is 2.38 bits per heavy atom. The van der Waals surface area contributed by atoms with Crippen molar-refractivity contribution in [2.24, 2.45) is 0 Å². The van der Waals surface area contributed by atoms with Crippen LogP contribution in [0, 0.1) is 5.82 Å². The van der Waals surface area contributed by atoms with E-state index in [1.54, 1.807) is 12.3 Å². The molecule has 0 bridgehead atoms.